The van der Waals surface area contributed by atoms with Crippen molar-refractivity contribution in [3.05, 3.63) is 18.0 Å². The van der Waals surface area contributed by atoms with Gasteiger partial charge in [-0.15, -0.1) is 0 Å². The summed E-state index contributed by atoms with van der Waals surface area (Å²) in [6, 6.07) is 1.97. The van der Waals surface area contributed by atoms with Crippen LogP contribution in [-0.2, 0) is 23.1 Å². The summed E-state index contributed by atoms with van der Waals surface area (Å²) in [4.78, 5) is 0.426. The molecule has 120 valence electrons. The first-order valence-electron chi connectivity index (χ1n) is 7.79. The van der Waals surface area contributed by atoms with Crippen LogP contribution >= 0.6 is 0 Å². The number of hydrogen-bond donors (Lipinski definition) is 1. The number of piperidine rings is 1. The standard InChI is InChI=1S/C15H27N3O2S/c1-5-17-11-15(9-14(17)10-16-4)21(19,20)18-12(2)7-6-8-13(18)3/h9,11-13,16H,5-8,10H2,1-4H3/t12-,13+. The average Bonchev–Trinajstić information content (AvgIpc) is 2.82. The van der Waals surface area contributed by atoms with E-state index in [1.807, 2.05) is 38.5 Å². The molecule has 1 saturated heterocycles. The van der Waals surface area contributed by atoms with E-state index in [0.717, 1.165) is 31.5 Å². The Morgan fingerprint density at radius 2 is 1.90 bits per heavy atom. The molecule has 5 nitrogen and oxygen atoms in total. The van der Waals surface area contributed by atoms with Crippen LogP contribution in [0.5, 0.6) is 0 Å². The lowest BCUT2D eigenvalue weighted by Crippen LogP contribution is -2.47. The molecule has 2 atom stereocenters. The van der Waals surface area contributed by atoms with Gasteiger partial charge in [-0.05, 0) is 46.7 Å². The van der Waals surface area contributed by atoms with Crippen molar-refractivity contribution in [1.29, 1.82) is 0 Å². The largest absolute Gasteiger partial charge is 0.349 e. The van der Waals surface area contributed by atoms with Crippen LogP contribution in [0.1, 0.15) is 45.7 Å². The van der Waals surface area contributed by atoms with Gasteiger partial charge in [0.2, 0.25) is 10.0 Å². The lowest BCUT2D eigenvalue weighted by atomic mass is 10.0. The zero-order valence-corrected chi connectivity index (χ0v) is 14.3. The van der Waals surface area contributed by atoms with Crippen LogP contribution in [0.2, 0.25) is 0 Å². The third-order valence-corrected chi connectivity index (χ3v) is 6.44. The number of nitrogens with zero attached hydrogens (tertiary/aromatic N) is 2. The molecule has 1 aliphatic rings. The Hall–Kier alpha value is -0.850. The van der Waals surface area contributed by atoms with Gasteiger partial charge < -0.3 is 9.88 Å². The molecule has 0 saturated carbocycles. The maximum atomic E-state index is 13.0. The molecule has 1 fully saturated rings. The second-order valence-corrected chi connectivity index (χ2v) is 7.79. The van der Waals surface area contributed by atoms with Gasteiger partial charge in [-0.3, -0.25) is 0 Å². The van der Waals surface area contributed by atoms with Gasteiger partial charge in [-0.2, -0.15) is 4.31 Å². The lowest BCUT2D eigenvalue weighted by molar-refractivity contribution is 0.204. The van der Waals surface area contributed by atoms with Gasteiger partial charge in [0.05, 0.1) is 0 Å². The zero-order chi connectivity index (χ0) is 15.6. The third kappa shape index (κ3) is 3.17. The second-order valence-electron chi connectivity index (χ2n) is 5.95. The fraction of sp³-hybridized carbons (Fsp3) is 0.733. The molecule has 6 heteroatoms. The van der Waals surface area contributed by atoms with E-state index < -0.39 is 10.0 Å². The van der Waals surface area contributed by atoms with Gasteiger partial charge in [0.15, 0.2) is 0 Å². The molecule has 0 radical (unpaired) electrons. The van der Waals surface area contributed by atoms with Crippen molar-refractivity contribution in [2.45, 2.75) is 70.1 Å². The molecule has 0 amide bonds. The summed E-state index contributed by atoms with van der Waals surface area (Å²) in [7, 11) is -1.53. The number of aryl methyl sites for hydroxylation is 1. The molecule has 1 N–H and O–H groups in total. The fourth-order valence-corrected chi connectivity index (χ4v) is 5.23. The summed E-state index contributed by atoms with van der Waals surface area (Å²) in [6.45, 7) is 7.50. The van der Waals surface area contributed by atoms with Crippen molar-refractivity contribution in [2.75, 3.05) is 7.05 Å². The van der Waals surface area contributed by atoms with Crippen LogP contribution in [0.4, 0.5) is 0 Å². The predicted molar refractivity (Wildman–Crippen MR) is 84.7 cm³/mol. The molecule has 1 aromatic rings. The Kier molecular flexibility index (Phi) is 5.11. The normalized spacial score (nSPS) is 24.4. The Morgan fingerprint density at radius 3 is 2.43 bits per heavy atom. The fourth-order valence-electron chi connectivity index (χ4n) is 3.28. The van der Waals surface area contributed by atoms with Crippen molar-refractivity contribution in [1.82, 2.24) is 14.2 Å². The van der Waals surface area contributed by atoms with Crippen molar-refractivity contribution in [3.63, 3.8) is 0 Å². The molecular formula is C15H27N3O2S. The summed E-state index contributed by atoms with van der Waals surface area (Å²) in [5, 5.41) is 3.09. The van der Waals surface area contributed by atoms with Gasteiger partial charge >= 0.3 is 0 Å². The molecule has 0 aromatic carbocycles. The first-order chi connectivity index (χ1) is 9.91. The minimum atomic E-state index is -3.41. The van der Waals surface area contributed by atoms with E-state index in [1.165, 1.54) is 0 Å². The van der Waals surface area contributed by atoms with Gasteiger partial charge in [0.1, 0.15) is 4.90 Å². The number of nitrogens with one attached hydrogen (secondary N) is 1. The highest BCUT2D eigenvalue weighted by atomic mass is 32.2. The lowest BCUT2D eigenvalue weighted by Gasteiger charge is -2.37. The SMILES string of the molecule is CCn1cc(S(=O)(=O)N2[C@H](C)CCC[C@@H]2C)cc1CNC. The molecule has 2 rings (SSSR count). The van der Waals surface area contributed by atoms with E-state index in [1.54, 1.807) is 10.5 Å². The molecule has 0 spiro atoms. The van der Waals surface area contributed by atoms with E-state index >= 15 is 0 Å². The van der Waals surface area contributed by atoms with Crippen LogP contribution in [-0.4, -0.2) is 36.4 Å². The van der Waals surface area contributed by atoms with Gasteiger partial charge in [-0.25, -0.2) is 8.42 Å². The van der Waals surface area contributed by atoms with E-state index in [-0.39, 0.29) is 12.1 Å². The van der Waals surface area contributed by atoms with Crippen molar-refractivity contribution >= 4 is 10.0 Å². The van der Waals surface area contributed by atoms with Crippen LogP contribution in [0.3, 0.4) is 0 Å². The summed E-state index contributed by atoms with van der Waals surface area (Å²) in [5.41, 5.74) is 1.01. The van der Waals surface area contributed by atoms with E-state index in [4.69, 9.17) is 0 Å². The van der Waals surface area contributed by atoms with Gasteiger partial charge in [0, 0.05) is 37.1 Å². The quantitative estimate of drug-likeness (QED) is 0.906. The monoisotopic (exact) mass is 313 g/mol. The highest BCUT2D eigenvalue weighted by molar-refractivity contribution is 7.89. The first kappa shape index (κ1) is 16.5. The Labute approximate surface area is 128 Å². The molecule has 1 aromatic heterocycles. The summed E-state index contributed by atoms with van der Waals surface area (Å²) >= 11 is 0. The van der Waals surface area contributed by atoms with Crippen LogP contribution in [0, 0.1) is 0 Å². The van der Waals surface area contributed by atoms with E-state index in [9.17, 15) is 8.42 Å². The maximum Gasteiger partial charge on any atom is 0.245 e. The highest BCUT2D eigenvalue weighted by Gasteiger charge is 2.36. The minimum Gasteiger partial charge on any atom is -0.349 e. The molecular weight excluding hydrogens is 286 g/mol. The highest BCUT2D eigenvalue weighted by Crippen LogP contribution is 2.30. The number of hydrogen-bond acceptors (Lipinski definition) is 3. The Bertz CT molecular complexity index is 570. The summed E-state index contributed by atoms with van der Waals surface area (Å²) in [6.07, 6.45) is 4.77. The molecule has 21 heavy (non-hydrogen) atoms. The minimum absolute atomic E-state index is 0.0801. The van der Waals surface area contributed by atoms with E-state index in [2.05, 4.69) is 5.32 Å². The second kappa shape index (κ2) is 6.50. The smallest absolute Gasteiger partial charge is 0.245 e. The first-order valence-corrected chi connectivity index (χ1v) is 9.23. The van der Waals surface area contributed by atoms with Crippen molar-refractivity contribution < 1.29 is 8.42 Å². The van der Waals surface area contributed by atoms with E-state index in [0.29, 0.717) is 11.4 Å². The van der Waals surface area contributed by atoms with Crippen LogP contribution in [0.25, 0.3) is 0 Å². The van der Waals surface area contributed by atoms with Crippen molar-refractivity contribution in [3.8, 4) is 0 Å². The zero-order valence-electron chi connectivity index (χ0n) is 13.5. The molecule has 0 unspecified atom stereocenters. The van der Waals surface area contributed by atoms with Gasteiger partial charge in [-0.1, -0.05) is 6.42 Å². The number of sulfonamides is 1. The average molecular weight is 313 g/mol. The topological polar surface area (TPSA) is 54.3 Å². The molecule has 1 aliphatic heterocycles. The number of aromatic nitrogens is 1. The molecule has 0 bridgehead atoms. The number of rotatable bonds is 5. The van der Waals surface area contributed by atoms with Gasteiger partial charge in [0.25, 0.3) is 0 Å². The third-order valence-electron chi connectivity index (χ3n) is 4.35. The predicted octanol–water partition coefficient (Wildman–Crippen LogP) is 2.18. The van der Waals surface area contributed by atoms with Crippen molar-refractivity contribution in [2.24, 2.45) is 0 Å². The molecule has 2 heterocycles. The van der Waals surface area contributed by atoms with Crippen LogP contribution in [0.15, 0.2) is 17.2 Å². The summed E-state index contributed by atoms with van der Waals surface area (Å²) in [5.74, 6) is 0. The van der Waals surface area contributed by atoms with Crippen LogP contribution < -0.4 is 5.32 Å². The Morgan fingerprint density at radius 1 is 1.29 bits per heavy atom. The Balaban J connectivity index is 2.38. The summed E-state index contributed by atoms with van der Waals surface area (Å²) < 4.78 is 29.7. The molecule has 0 aliphatic carbocycles. The maximum absolute atomic E-state index is 13.0.